The standard InChI is InChI=1S/C20H27N7O/c1-15-22-17-4-2-3-16(17)19(23-15)26-9-7-25(8-10-26)18-5-6-21-20(24-18)27-11-13-28-14-12-27/h5-6H,2-4,7-14H2,1H3. The van der Waals surface area contributed by atoms with E-state index in [1.165, 1.54) is 17.7 Å². The Bertz CT molecular complexity index is 844. The Morgan fingerprint density at radius 2 is 1.64 bits per heavy atom. The highest BCUT2D eigenvalue weighted by molar-refractivity contribution is 5.53. The van der Waals surface area contributed by atoms with Gasteiger partial charge in [0.1, 0.15) is 17.5 Å². The third-order valence-electron chi connectivity index (χ3n) is 5.85. The van der Waals surface area contributed by atoms with Crippen molar-refractivity contribution < 1.29 is 4.74 Å². The van der Waals surface area contributed by atoms with Gasteiger partial charge in [-0.05, 0) is 32.3 Å². The number of aromatic nitrogens is 4. The van der Waals surface area contributed by atoms with Gasteiger partial charge in [0.2, 0.25) is 5.95 Å². The number of morpholine rings is 1. The number of nitrogens with zero attached hydrogens (tertiary/aromatic N) is 7. The number of piperazine rings is 1. The Balaban J connectivity index is 1.29. The number of rotatable bonds is 3. The maximum atomic E-state index is 5.44. The van der Waals surface area contributed by atoms with Crippen LogP contribution in [-0.2, 0) is 17.6 Å². The van der Waals surface area contributed by atoms with E-state index in [-0.39, 0.29) is 0 Å². The first kappa shape index (κ1) is 17.6. The molecular weight excluding hydrogens is 354 g/mol. The topological polar surface area (TPSA) is 70.5 Å². The predicted octanol–water partition coefficient (Wildman–Crippen LogP) is 1.23. The van der Waals surface area contributed by atoms with Gasteiger partial charge >= 0.3 is 0 Å². The molecule has 8 nitrogen and oxygen atoms in total. The first-order valence-electron chi connectivity index (χ1n) is 10.3. The summed E-state index contributed by atoms with van der Waals surface area (Å²) in [4.78, 5) is 25.7. The molecule has 0 bridgehead atoms. The molecule has 2 saturated heterocycles. The monoisotopic (exact) mass is 381 g/mol. The van der Waals surface area contributed by atoms with E-state index in [0.29, 0.717) is 0 Å². The minimum atomic E-state index is 0.745. The molecule has 148 valence electrons. The molecule has 1 aliphatic carbocycles. The van der Waals surface area contributed by atoms with Crippen LogP contribution >= 0.6 is 0 Å². The summed E-state index contributed by atoms with van der Waals surface area (Å²) in [6, 6.07) is 2.02. The van der Waals surface area contributed by atoms with Crippen LogP contribution in [0, 0.1) is 6.92 Å². The SMILES string of the molecule is Cc1nc2c(c(N3CCN(c4ccnc(N5CCOCC5)n4)CC3)n1)CCC2. The van der Waals surface area contributed by atoms with Crippen molar-refractivity contribution in [1.29, 1.82) is 0 Å². The molecule has 8 heteroatoms. The summed E-state index contributed by atoms with van der Waals surface area (Å²) in [5.41, 5.74) is 2.63. The fourth-order valence-corrected chi connectivity index (χ4v) is 4.37. The largest absolute Gasteiger partial charge is 0.378 e. The fourth-order valence-electron chi connectivity index (χ4n) is 4.37. The highest BCUT2D eigenvalue weighted by Gasteiger charge is 2.26. The second-order valence-electron chi connectivity index (χ2n) is 7.66. The molecule has 0 unspecified atom stereocenters. The molecule has 0 radical (unpaired) electrons. The summed E-state index contributed by atoms with van der Waals surface area (Å²) < 4.78 is 5.44. The molecule has 5 rings (SSSR count). The number of hydrogen-bond acceptors (Lipinski definition) is 8. The third-order valence-corrected chi connectivity index (χ3v) is 5.85. The number of hydrogen-bond donors (Lipinski definition) is 0. The van der Waals surface area contributed by atoms with Crippen molar-refractivity contribution >= 4 is 17.6 Å². The Labute approximate surface area is 165 Å². The lowest BCUT2D eigenvalue weighted by Gasteiger charge is -2.37. The Morgan fingerprint density at radius 3 is 2.46 bits per heavy atom. The van der Waals surface area contributed by atoms with E-state index in [9.17, 15) is 0 Å². The van der Waals surface area contributed by atoms with Gasteiger partial charge < -0.3 is 19.4 Å². The number of fused-ring (bicyclic) bond motifs is 1. The van der Waals surface area contributed by atoms with Crippen LogP contribution in [0.15, 0.2) is 12.3 Å². The molecule has 3 aliphatic rings. The highest BCUT2D eigenvalue weighted by atomic mass is 16.5. The van der Waals surface area contributed by atoms with E-state index in [0.717, 1.165) is 88.7 Å². The molecule has 2 aliphatic heterocycles. The molecule has 0 saturated carbocycles. The molecule has 0 N–H and O–H groups in total. The summed E-state index contributed by atoms with van der Waals surface area (Å²) in [5.74, 6) is 3.88. The zero-order chi connectivity index (χ0) is 18.9. The second-order valence-corrected chi connectivity index (χ2v) is 7.66. The van der Waals surface area contributed by atoms with Gasteiger partial charge in [-0.25, -0.2) is 15.0 Å². The van der Waals surface area contributed by atoms with Crippen LogP contribution in [0.5, 0.6) is 0 Å². The summed E-state index contributed by atoms with van der Waals surface area (Å²) in [6.45, 7) is 9.01. The van der Waals surface area contributed by atoms with Gasteiger partial charge in [-0.2, -0.15) is 4.98 Å². The number of anilines is 3. The van der Waals surface area contributed by atoms with Crippen LogP contribution in [0.4, 0.5) is 17.6 Å². The molecule has 28 heavy (non-hydrogen) atoms. The Morgan fingerprint density at radius 1 is 0.857 bits per heavy atom. The van der Waals surface area contributed by atoms with Crippen molar-refractivity contribution in [3.8, 4) is 0 Å². The van der Waals surface area contributed by atoms with E-state index in [1.807, 2.05) is 19.2 Å². The molecule has 2 aromatic rings. The quantitative estimate of drug-likeness (QED) is 0.786. The average Bonchev–Trinajstić information content (AvgIpc) is 3.22. The Hall–Kier alpha value is -2.48. The molecule has 2 aromatic heterocycles. The van der Waals surface area contributed by atoms with Gasteiger partial charge in [-0.15, -0.1) is 0 Å². The lowest BCUT2D eigenvalue weighted by Crippen LogP contribution is -2.47. The van der Waals surface area contributed by atoms with Crippen molar-refractivity contribution in [1.82, 2.24) is 19.9 Å². The summed E-state index contributed by atoms with van der Waals surface area (Å²) in [7, 11) is 0. The van der Waals surface area contributed by atoms with E-state index >= 15 is 0 Å². The number of aryl methyl sites for hydroxylation is 2. The molecule has 0 amide bonds. The van der Waals surface area contributed by atoms with Gasteiger partial charge in [-0.1, -0.05) is 0 Å². The molecule has 0 spiro atoms. The highest BCUT2D eigenvalue weighted by Crippen LogP contribution is 2.30. The molecular formula is C20H27N7O. The first-order valence-corrected chi connectivity index (χ1v) is 10.3. The maximum absolute atomic E-state index is 5.44. The van der Waals surface area contributed by atoms with Crippen LogP contribution in [0.3, 0.4) is 0 Å². The van der Waals surface area contributed by atoms with E-state index < -0.39 is 0 Å². The van der Waals surface area contributed by atoms with Gasteiger partial charge in [0.25, 0.3) is 0 Å². The van der Waals surface area contributed by atoms with Crippen LogP contribution < -0.4 is 14.7 Å². The van der Waals surface area contributed by atoms with Gasteiger partial charge in [-0.3, -0.25) is 0 Å². The van der Waals surface area contributed by atoms with E-state index in [1.54, 1.807) is 0 Å². The van der Waals surface area contributed by atoms with E-state index in [4.69, 9.17) is 14.7 Å². The summed E-state index contributed by atoms with van der Waals surface area (Å²) >= 11 is 0. The van der Waals surface area contributed by atoms with Gasteiger partial charge in [0.05, 0.1) is 13.2 Å². The van der Waals surface area contributed by atoms with Crippen LogP contribution in [0.1, 0.15) is 23.5 Å². The third kappa shape index (κ3) is 3.37. The van der Waals surface area contributed by atoms with Gasteiger partial charge in [0, 0.05) is 56.7 Å². The smallest absolute Gasteiger partial charge is 0.227 e. The van der Waals surface area contributed by atoms with Crippen LogP contribution in [0.2, 0.25) is 0 Å². The van der Waals surface area contributed by atoms with Crippen molar-refractivity contribution in [3.05, 3.63) is 29.3 Å². The molecule has 4 heterocycles. The predicted molar refractivity (Wildman–Crippen MR) is 108 cm³/mol. The Kier molecular flexibility index (Phi) is 4.72. The minimum absolute atomic E-state index is 0.745. The second kappa shape index (κ2) is 7.50. The van der Waals surface area contributed by atoms with Crippen molar-refractivity contribution in [2.45, 2.75) is 26.2 Å². The molecule has 0 atom stereocenters. The van der Waals surface area contributed by atoms with Crippen molar-refractivity contribution in [3.63, 3.8) is 0 Å². The summed E-state index contributed by atoms with van der Waals surface area (Å²) in [5, 5.41) is 0. The van der Waals surface area contributed by atoms with Crippen LogP contribution in [-0.4, -0.2) is 72.4 Å². The molecule has 0 aromatic carbocycles. The first-order chi connectivity index (χ1) is 13.8. The van der Waals surface area contributed by atoms with Crippen molar-refractivity contribution in [2.75, 3.05) is 67.2 Å². The normalized spacial score (nSPS) is 19.8. The minimum Gasteiger partial charge on any atom is -0.378 e. The van der Waals surface area contributed by atoms with Crippen molar-refractivity contribution in [2.24, 2.45) is 0 Å². The summed E-state index contributed by atoms with van der Waals surface area (Å²) in [6.07, 6.45) is 5.28. The zero-order valence-electron chi connectivity index (χ0n) is 16.5. The average molecular weight is 381 g/mol. The maximum Gasteiger partial charge on any atom is 0.227 e. The lowest BCUT2D eigenvalue weighted by molar-refractivity contribution is 0.122. The van der Waals surface area contributed by atoms with Gasteiger partial charge in [0.15, 0.2) is 0 Å². The molecule has 2 fully saturated rings. The number of ether oxygens (including phenoxy) is 1. The van der Waals surface area contributed by atoms with E-state index in [2.05, 4.69) is 24.7 Å². The van der Waals surface area contributed by atoms with Crippen LogP contribution in [0.25, 0.3) is 0 Å². The fraction of sp³-hybridized carbons (Fsp3) is 0.600. The zero-order valence-corrected chi connectivity index (χ0v) is 16.5. The lowest BCUT2D eigenvalue weighted by atomic mass is 10.2.